The Hall–Kier alpha value is -1.25. The minimum atomic E-state index is -0.180. The molecule has 0 radical (unpaired) electrons. The normalized spacial score (nSPS) is 16.5. The van der Waals surface area contributed by atoms with Crippen molar-refractivity contribution in [1.29, 1.82) is 0 Å². The lowest BCUT2D eigenvalue weighted by molar-refractivity contribution is -0.130. The van der Waals surface area contributed by atoms with Crippen molar-refractivity contribution in [1.82, 2.24) is 15.4 Å². The number of nitrogens with one attached hydrogen (secondary N) is 2. The summed E-state index contributed by atoms with van der Waals surface area (Å²) in [6, 6.07) is 1.94. The molecule has 1 aromatic heterocycles. The van der Waals surface area contributed by atoms with E-state index in [9.17, 15) is 9.59 Å². The van der Waals surface area contributed by atoms with Crippen LogP contribution in [0.5, 0.6) is 0 Å². The van der Waals surface area contributed by atoms with Gasteiger partial charge in [-0.05, 0) is 26.3 Å². The molecular weight excluding hydrogens is 352 g/mol. The Bertz CT molecular complexity index is 535. The van der Waals surface area contributed by atoms with Gasteiger partial charge in [0.2, 0.25) is 11.8 Å². The number of anilines is 1. The van der Waals surface area contributed by atoms with Crippen molar-refractivity contribution < 1.29 is 14.1 Å². The molecule has 0 spiro atoms. The molecule has 0 aromatic carbocycles. The standard InChI is InChI=1S/C15H24N4O3S.ClH/c1-3-6-19(12-4-5-16-8-12)15(21)10-23-9-14(20)17-13-7-11(2)22-18-13;/h7,12,16H,3-6,8-10H2,1-2H3,(H,17,18,20);1H. The van der Waals surface area contributed by atoms with Crippen molar-refractivity contribution in [2.75, 3.05) is 36.5 Å². The topological polar surface area (TPSA) is 87.5 Å². The molecule has 0 saturated carbocycles. The highest BCUT2D eigenvalue weighted by Crippen LogP contribution is 2.13. The monoisotopic (exact) mass is 376 g/mol. The summed E-state index contributed by atoms with van der Waals surface area (Å²) in [5.74, 6) is 1.52. The molecule has 1 aromatic rings. The number of thioether (sulfide) groups is 1. The molecular formula is C15H25ClN4O3S. The number of carbonyl (C=O) groups excluding carboxylic acids is 2. The van der Waals surface area contributed by atoms with E-state index in [1.54, 1.807) is 13.0 Å². The number of aromatic nitrogens is 1. The molecule has 9 heteroatoms. The van der Waals surface area contributed by atoms with Gasteiger partial charge in [0.05, 0.1) is 11.5 Å². The van der Waals surface area contributed by atoms with Crippen molar-refractivity contribution in [3.8, 4) is 0 Å². The molecule has 1 atom stereocenters. The fourth-order valence-corrected chi connectivity index (χ4v) is 3.28. The average molecular weight is 377 g/mol. The van der Waals surface area contributed by atoms with Gasteiger partial charge in [-0.15, -0.1) is 24.2 Å². The minimum Gasteiger partial charge on any atom is -0.360 e. The highest BCUT2D eigenvalue weighted by molar-refractivity contribution is 8.00. The molecule has 2 N–H and O–H groups in total. The molecule has 1 saturated heterocycles. The quantitative estimate of drug-likeness (QED) is 0.717. The summed E-state index contributed by atoms with van der Waals surface area (Å²) in [6.45, 7) is 6.43. The van der Waals surface area contributed by atoms with Gasteiger partial charge in [0.1, 0.15) is 5.76 Å². The summed E-state index contributed by atoms with van der Waals surface area (Å²) in [6.07, 6.45) is 1.95. The molecule has 1 aliphatic heterocycles. The predicted molar refractivity (Wildman–Crippen MR) is 97.7 cm³/mol. The zero-order valence-corrected chi connectivity index (χ0v) is 15.7. The second-order valence-electron chi connectivity index (χ2n) is 5.60. The van der Waals surface area contributed by atoms with Gasteiger partial charge in [-0.2, -0.15) is 0 Å². The van der Waals surface area contributed by atoms with E-state index in [0.717, 1.165) is 32.5 Å². The lowest BCUT2D eigenvalue weighted by atomic mass is 10.2. The number of amides is 2. The van der Waals surface area contributed by atoms with Crippen LogP contribution in [0.4, 0.5) is 5.82 Å². The zero-order chi connectivity index (χ0) is 16.7. The maximum Gasteiger partial charge on any atom is 0.235 e. The first-order valence-corrected chi connectivity index (χ1v) is 9.06. The second-order valence-corrected chi connectivity index (χ2v) is 6.58. The Morgan fingerprint density at radius 2 is 2.29 bits per heavy atom. The summed E-state index contributed by atoms with van der Waals surface area (Å²) < 4.78 is 4.89. The summed E-state index contributed by atoms with van der Waals surface area (Å²) in [7, 11) is 0. The van der Waals surface area contributed by atoms with E-state index < -0.39 is 0 Å². The highest BCUT2D eigenvalue weighted by atomic mass is 35.5. The Labute approximate surface area is 152 Å². The first kappa shape index (κ1) is 20.8. The zero-order valence-electron chi connectivity index (χ0n) is 14.0. The van der Waals surface area contributed by atoms with Gasteiger partial charge >= 0.3 is 0 Å². The number of nitrogens with zero attached hydrogens (tertiary/aromatic N) is 2. The summed E-state index contributed by atoms with van der Waals surface area (Å²) >= 11 is 1.33. The van der Waals surface area contributed by atoms with E-state index in [4.69, 9.17) is 4.52 Å². The molecule has 2 amide bonds. The van der Waals surface area contributed by atoms with Crippen LogP contribution < -0.4 is 10.6 Å². The largest absolute Gasteiger partial charge is 0.360 e. The van der Waals surface area contributed by atoms with Crippen molar-refractivity contribution >= 4 is 41.8 Å². The van der Waals surface area contributed by atoms with Crippen LogP contribution in [0.2, 0.25) is 0 Å². The van der Waals surface area contributed by atoms with E-state index in [1.807, 2.05) is 4.90 Å². The van der Waals surface area contributed by atoms with E-state index in [2.05, 4.69) is 22.7 Å². The summed E-state index contributed by atoms with van der Waals surface area (Å²) in [5.41, 5.74) is 0. The molecule has 0 aliphatic carbocycles. The van der Waals surface area contributed by atoms with Crippen molar-refractivity contribution in [2.45, 2.75) is 32.7 Å². The smallest absolute Gasteiger partial charge is 0.235 e. The van der Waals surface area contributed by atoms with Gasteiger partial charge in [0.25, 0.3) is 0 Å². The Balaban J connectivity index is 0.00000288. The number of hydrogen-bond donors (Lipinski definition) is 2. The Kier molecular flexibility index (Phi) is 9.17. The van der Waals surface area contributed by atoms with Gasteiger partial charge in [-0.1, -0.05) is 12.1 Å². The molecule has 1 aliphatic rings. The third kappa shape index (κ3) is 6.33. The lowest BCUT2D eigenvalue weighted by Gasteiger charge is -2.28. The van der Waals surface area contributed by atoms with E-state index in [-0.39, 0.29) is 36.0 Å². The molecule has 24 heavy (non-hydrogen) atoms. The maximum absolute atomic E-state index is 12.4. The van der Waals surface area contributed by atoms with Crippen LogP contribution in [0.15, 0.2) is 10.6 Å². The van der Waals surface area contributed by atoms with Gasteiger partial charge in [-0.25, -0.2) is 0 Å². The van der Waals surface area contributed by atoms with E-state index in [0.29, 0.717) is 17.3 Å². The number of halogens is 1. The fraction of sp³-hybridized carbons (Fsp3) is 0.667. The molecule has 1 fully saturated rings. The van der Waals surface area contributed by atoms with Gasteiger partial charge in [0, 0.05) is 25.2 Å². The number of hydrogen-bond acceptors (Lipinski definition) is 6. The van der Waals surface area contributed by atoms with Crippen molar-refractivity contribution in [3.05, 3.63) is 11.8 Å². The SMILES string of the molecule is CCCN(C(=O)CSCC(=O)Nc1cc(C)on1)C1CCNC1.Cl. The first-order valence-electron chi connectivity index (χ1n) is 7.91. The second kappa shape index (κ2) is 10.6. The third-order valence-corrected chi connectivity index (χ3v) is 4.53. The van der Waals surface area contributed by atoms with Crippen molar-refractivity contribution in [3.63, 3.8) is 0 Å². The Morgan fingerprint density at radius 1 is 1.50 bits per heavy atom. The van der Waals surface area contributed by atoms with Crippen LogP contribution in [0, 0.1) is 6.92 Å². The van der Waals surface area contributed by atoms with Crippen LogP contribution in [-0.4, -0.2) is 59.1 Å². The highest BCUT2D eigenvalue weighted by Gasteiger charge is 2.25. The van der Waals surface area contributed by atoms with Crippen LogP contribution in [0.1, 0.15) is 25.5 Å². The first-order chi connectivity index (χ1) is 11.1. The van der Waals surface area contributed by atoms with Crippen LogP contribution in [-0.2, 0) is 9.59 Å². The average Bonchev–Trinajstić information content (AvgIpc) is 3.16. The molecule has 136 valence electrons. The molecule has 2 rings (SSSR count). The number of aryl methyl sites for hydroxylation is 1. The van der Waals surface area contributed by atoms with Gasteiger partial charge < -0.3 is 20.1 Å². The van der Waals surface area contributed by atoms with Gasteiger partial charge in [-0.3, -0.25) is 9.59 Å². The van der Waals surface area contributed by atoms with E-state index >= 15 is 0 Å². The minimum absolute atomic E-state index is 0. The molecule has 1 unspecified atom stereocenters. The predicted octanol–water partition coefficient (Wildman–Crippen LogP) is 1.68. The summed E-state index contributed by atoms with van der Waals surface area (Å²) in [5, 5.41) is 9.64. The summed E-state index contributed by atoms with van der Waals surface area (Å²) in [4.78, 5) is 26.1. The van der Waals surface area contributed by atoms with Crippen LogP contribution >= 0.6 is 24.2 Å². The van der Waals surface area contributed by atoms with E-state index in [1.165, 1.54) is 11.8 Å². The molecule has 7 nitrogen and oxygen atoms in total. The number of rotatable bonds is 8. The number of carbonyl (C=O) groups is 2. The fourth-order valence-electron chi connectivity index (χ4n) is 2.58. The maximum atomic E-state index is 12.4. The van der Waals surface area contributed by atoms with Crippen molar-refractivity contribution in [2.24, 2.45) is 0 Å². The third-order valence-electron chi connectivity index (χ3n) is 3.61. The van der Waals surface area contributed by atoms with Crippen LogP contribution in [0.3, 0.4) is 0 Å². The van der Waals surface area contributed by atoms with Gasteiger partial charge in [0.15, 0.2) is 5.82 Å². The molecule has 2 heterocycles. The molecule has 0 bridgehead atoms. The van der Waals surface area contributed by atoms with Crippen LogP contribution in [0.25, 0.3) is 0 Å². The Morgan fingerprint density at radius 3 is 2.88 bits per heavy atom. The lowest BCUT2D eigenvalue weighted by Crippen LogP contribution is -2.43.